The molecule has 0 aromatic rings. The molecular weight excluding hydrogens is 187 g/mol. The van der Waals surface area contributed by atoms with Gasteiger partial charge in [-0.15, -0.1) is 0 Å². The third kappa shape index (κ3) is 2.16. The van der Waals surface area contributed by atoms with E-state index in [9.17, 15) is 0 Å². The summed E-state index contributed by atoms with van der Waals surface area (Å²) in [5, 5.41) is 1.30. The highest BCUT2D eigenvalue weighted by Gasteiger charge is 2.60. The fourth-order valence-corrected chi connectivity index (χ4v) is 9.06. The van der Waals surface area contributed by atoms with Gasteiger partial charge in [-0.2, -0.15) is 0 Å². The summed E-state index contributed by atoms with van der Waals surface area (Å²) in [5.41, 5.74) is 0. The van der Waals surface area contributed by atoms with Crippen LogP contribution in [-0.2, 0) is 0 Å². The van der Waals surface area contributed by atoms with E-state index in [-0.39, 0.29) is 0 Å². The van der Waals surface area contributed by atoms with Gasteiger partial charge in [0.2, 0.25) is 0 Å². The molecule has 0 unspecified atom stereocenters. The van der Waals surface area contributed by atoms with Gasteiger partial charge in [-0.1, -0.05) is 0 Å². The first-order chi connectivity index (χ1) is 5.75. The van der Waals surface area contributed by atoms with Crippen LogP contribution in [0.25, 0.3) is 0 Å². The molecule has 0 heterocycles. The average molecular weight is 217 g/mol. The van der Waals surface area contributed by atoms with E-state index in [4.69, 9.17) is 0 Å². The summed E-state index contributed by atoms with van der Waals surface area (Å²) in [7, 11) is -1.02. The molecule has 0 radical (unpaired) electrons. The van der Waals surface area contributed by atoms with Crippen LogP contribution in [0.3, 0.4) is 0 Å². The van der Waals surface area contributed by atoms with Crippen molar-refractivity contribution in [3.05, 3.63) is 0 Å². The smallest absolute Gasteiger partial charge is 0.0259 e. The molecule has 0 aromatic heterocycles. The van der Waals surface area contributed by atoms with Gasteiger partial charge >= 0.3 is 0 Å². The van der Waals surface area contributed by atoms with Crippen molar-refractivity contribution >= 4 is 7.26 Å². The van der Waals surface area contributed by atoms with Crippen LogP contribution in [-0.4, -0.2) is 22.1 Å². The van der Waals surface area contributed by atoms with E-state index in [0.717, 1.165) is 0 Å². The SMILES string of the molecule is CC(C)(C)[P+](C)(C(C)(C)C)C(C)(C)C. The topological polar surface area (TPSA) is 0 Å². The van der Waals surface area contributed by atoms with Gasteiger partial charge in [0.25, 0.3) is 0 Å². The summed E-state index contributed by atoms with van der Waals surface area (Å²) < 4.78 is 0. The third-order valence-corrected chi connectivity index (χ3v) is 12.1. The van der Waals surface area contributed by atoms with E-state index < -0.39 is 7.26 Å². The molecule has 0 atom stereocenters. The van der Waals surface area contributed by atoms with E-state index in [0.29, 0.717) is 15.5 Å². The molecule has 0 aliphatic rings. The predicted molar refractivity (Wildman–Crippen MR) is 72.1 cm³/mol. The first-order valence-electron chi connectivity index (χ1n) is 5.62. The van der Waals surface area contributed by atoms with Crippen molar-refractivity contribution < 1.29 is 0 Å². The molecule has 0 nitrogen and oxygen atoms in total. The van der Waals surface area contributed by atoms with Gasteiger partial charge in [0.1, 0.15) is 0 Å². The van der Waals surface area contributed by atoms with Gasteiger partial charge in [0.05, 0.1) is 22.1 Å². The Hall–Kier alpha value is 0.430. The van der Waals surface area contributed by atoms with Crippen molar-refractivity contribution in [1.29, 1.82) is 0 Å². The molecule has 0 amide bonds. The molecule has 0 aliphatic carbocycles. The normalized spacial score (nSPS) is 15.9. The molecule has 0 N–H and O–H groups in total. The largest absolute Gasteiger partial charge is 0.0723 e. The maximum absolute atomic E-state index is 2.55. The molecule has 0 fully saturated rings. The molecule has 0 rings (SSSR count). The van der Waals surface area contributed by atoms with Crippen LogP contribution >= 0.6 is 7.26 Å². The van der Waals surface area contributed by atoms with Crippen LogP contribution in [0.1, 0.15) is 62.3 Å². The highest BCUT2D eigenvalue weighted by atomic mass is 31.2. The Morgan fingerprint density at radius 2 is 0.643 bits per heavy atom. The van der Waals surface area contributed by atoms with Crippen LogP contribution in [0, 0.1) is 0 Å². The zero-order valence-corrected chi connectivity index (χ0v) is 12.8. The van der Waals surface area contributed by atoms with Crippen LogP contribution in [0.5, 0.6) is 0 Å². The summed E-state index contributed by atoms with van der Waals surface area (Å²) in [4.78, 5) is 0. The Bertz CT molecular complexity index is 159. The molecule has 0 bridgehead atoms. The summed E-state index contributed by atoms with van der Waals surface area (Å²) in [5.74, 6) is 0. The van der Waals surface area contributed by atoms with Crippen molar-refractivity contribution in [2.75, 3.05) is 6.66 Å². The molecule has 0 spiro atoms. The van der Waals surface area contributed by atoms with Gasteiger partial charge in [-0.25, -0.2) is 0 Å². The molecule has 0 saturated heterocycles. The van der Waals surface area contributed by atoms with Crippen LogP contribution in [0.2, 0.25) is 0 Å². The second-order valence-corrected chi connectivity index (χ2v) is 13.6. The van der Waals surface area contributed by atoms with Crippen LogP contribution in [0.4, 0.5) is 0 Å². The maximum atomic E-state index is 2.55. The molecule has 1 heteroatoms. The Morgan fingerprint density at radius 1 is 0.500 bits per heavy atom. The van der Waals surface area contributed by atoms with E-state index in [1.807, 2.05) is 0 Å². The van der Waals surface area contributed by atoms with E-state index in [1.54, 1.807) is 0 Å². The quantitative estimate of drug-likeness (QED) is 0.499. The summed E-state index contributed by atoms with van der Waals surface area (Å²) in [6.45, 7) is 24.3. The minimum absolute atomic E-state index is 0.434. The monoisotopic (exact) mass is 217 g/mol. The maximum Gasteiger partial charge on any atom is 0.0723 e. The first-order valence-corrected chi connectivity index (χ1v) is 7.85. The molecule has 14 heavy (non-hydrogen) atoms. The highest BCUT2D eigenvalue weighted by Crippen LogP contribution is 2.80. The lowest BCUT2D eigenvalue weighted by Gasteiger charge is -2.52. The summed E-state index contributed by atoms with van der Waals surface area (Å²) in [6, 6.07) is 0. The van der Waals surface area contributed by atoms with Gasteiger partial charge in [0, 0.05) is 7.26 Å². The summed E-state index contributed by atoms with van der Waals surface area (Å²) >= 11 is 0. The third-order valence-electron chi connectivity index (χ3n) is 4.02. The average Bonchev–Trinajstić information content (AvgIpc) is 1.77. The number of hydrogen-bond donors (Lipinski definition) is 0. The number of hydrogen-bond acceptors (Lipinski definition) is 0. The fourth-order valence-electron chi connectivity index (χ4n) is 3.02. The van der Waals surface area contributed by atoms with Gasteiger partial charge in [0.15, 0.2) is 0 Å². The molecule has 0 saturated carbocycles. The van der Waals surface area contributed by atoms with Crippen LogP contribution in [0.15, 0.2) is 0 Å². The standard InChI is InChI=1S/C13H30P/c1-11(2,3)14(10,12(4,5)6)13(7,8)9/h1-10H3/q+1. The minimum Gasteiger partial charge on any atom is -0.0259 e. The molecule has 0 aliphatic heterocycles. The Balaban J connectivity index is 5.54. The molecule has 0 aromatic carbocycles. The lowest BCUT2D eigenvalue weighted by atomic mass is 10.2. The van der Waals surface area contributed by atoms with Crippen molar-refractivity contribution in [2.24, 2.45) is 0 Å². The second-order valence-electron chi connectivity index (χ2n) is 7.52. The van der Waals surface area contributed by atoms with Crippen molar-refractivity contribution in [3.8, 4) is 0 Å². The Labute approximate surface area is 92.2 Å². The zero-order chi connectivity index (χ0) is 12.0. The van der Waals surface area contributed by atoms with Gasteiger partial charge in [-0.05, 0) is 62.3 Å². The van der Waals surface area contributed by atoms with Crippen molar-refractivity contribution in [3.63, 3.8) is 0 Å². The molecular formula is C13H30P+. The van der Waals surface area contributed by atoms with E-state index >= 15 is 0 Å². The number of rotatable bonds is 0. The van der Waals surface area contributed by atoms with E-state index in [2.05, 4.69) is 69.0 Å². The minimum atomic E-state index is -1.02. The van der Waals surface area contributed by atoms with Gasteiger partial charge < -0.3 is 0 Å². The lowest BCUT2D eigenvalue weighted by molar-refractivity contribution is 0.624. The van der Waals surface area contributed by atoms with Gasteiger partial charge in [-0.3, -0.25) is 0 Å². The Morgan fingerprint density at radius 3 is 0.643 bits per heavy atom. The molecule has 86 valence electrons. The van der Waals surface area contributed by atoms with Crippen molar-refractivity contribution in [1.82, 2.24) is 0 Å². The Kier molecular flexibility index (Phi) is 3.58. The summed E-state index contributed by atoms with van der Waals surface area (Å²) in [6.07, 6.45) is 0. The van der Waals surface area contributed by atoms with Crippen LogP contribution < -0.4 is 0 Å². The first kappa shape index (κ1) is 14.4. The fraction of sp³-hybridized carbons (Fsp3) is 1.00. The lowest BCUT2D eigenvalue weighted by Crippen LogP contribution is -2.43. The second kappa shape index (κ2) is 3.48. The predicted octanol–water partition coefficient (Wildman–Crippen LogP) is 5.03. The highest BCUT2D eigenvalue weighted by molar-refractivity contribution is 7.79. The zero-order valence-electron chi connectivity index (χ0n) is 11.9. The van der Waals surface area contributed by atoms with Crippen molar-refractivity contribution in [2.45, 2.75) is 77.8 Å². The van der Waals surface area contributed by atoms with E-state index in [1.165, 1.54) is 0 Å².